The minimum Gasteiger partial charge on any atom is -0.242 e. The van der Waals surface area contributed by atoms with Gasteiger partial charge in [-0.2, -0.15) is 10.9 Å². The fourth-order valence-electron chi connectivity index (χ4n) is 2.55. The van der Waals surface area contributed by atoms with E-state index in [4.69, 9.17) is 0 Å². The van der Waals surface area contributed by atoms with Gasteiger partial charge in [0.25, 0.3) is 0 Å². The number of thiol groups is 1. The fraction of sp³-hybridized carbons (Fsp3) is 0.158. The van der Waals surface area contributed by atoms with Crippen molar-refractivity contribution in [3.63, 3.8) is 0 Å². The van der Waals surface area contributed by atoms with Gasteiger partial charge in [0.15, 0.2) is 0 Å². The van der Waals surface area contributed by atoms with Gasteiger partial charge >= 0.3 is 0 Å². The van der Waals surface area contributed by atoms with Gasteiger partial charge in [-0.15, -0.1) is 0 Å². The molecule has 0 bridgehead atoms. The van der Waals surface area contributed by atoms with Crippen LogP contribution in [0.3, 0.4) is 0 Å². The summed E-state index contributed by atoms with van der Waals surface area (Å²) < 4.78 is 41.4. The molecular weight excluding hydrogens is 317 g/mol. The van der Waals surface area contributed by atoms with Crippen LogP contribution < -0.4 is 0 Å². The van der Waals surface area contributed by atoms with Gasteiger partial charge < -0.3 is 0 Å². The van der Waals surface area contributed by atoms with E-state index in [2.05, 4.69) is 0 Å². The molecule has 0 nitrogen and oxygen atoms in total. The van der Waals surface area contributed by atoms with E-state index >= 15 is 0 Å². The maximum Gasteiger partial charge on any atom is 0.126 e. The summed E-state index contributed by atoms with van der Waals surface area (Å²) in [5, 5.41) is 0. The number of halogens is 3. The third-order valence-electron chi connectivity index (χ3n) is 3.79. The lowest BCUT2D eigenvalue weighted by atomic mass is 10.0. The molecule has 23 heavy (non-hydrogen) atoms. The summed E-state index contributed by atoms with van der Waals surface area (Å²) in [7, 11) is -1.19. The quantitative estimate of drug-likeness (QED) is 0.673. The Morgan fingerprint density at radius 3 is 1.96 bits per heavy atom. The number of hydrogen-bond acceptors (Lipinski definition) is 0. The lowest BCUT2D eigenvalue weighted by Crippen LogP contribution is -2.11. The van der Waals surface area contributed by atoms with E-state index in [9.17, 15) is 13.2 Å². The monoisotopic (exact) mass is 334 g/mol. The van der Waals surface area contributed by atoms with Gasteiger partial charge in [0.1, 0.15) is 17.8 Å². The Kier molecular flexibility index (Phi) is 4.62. The first-order valence-electron chi connectivity index (χ1n) is 7.40. The first-order valence-corrected chi connectivity index (χ1v) is 8.74. The molecule has 0 N–H and O–H groups in total. The van der Waals surface area contributed by atoms with Crippen molar-refractivity contribution in [3.05, 3.63) is 83.3 Å². The minimum atomic E-state index is -1.19. The lowest BCUT2D eigenvalue weighted by molar-refractivity contribution is 0.333. The molecule has 2 unspecified atom stereocenters. The summed E-state index contributed by atoms with van der Waals surface area (Å²) in [6, 6.07) is 12.5. The molecule has 2 aromatic rings. The largest absolute Gasteiger partial charge is 0.242 e. The van der Waals surface area contributed by atoms with Crippen LogP contribution in [0.1, 0.15) is 6.92 Å². The normalized spacial score (nSPS) is 21.0. The summed E-state index contributed by atoms with van der Waals surface area (Å²) in [6.07, 6.45) is 4.18. The number of benzene rings is 2. The van der Waals surface area contributed by atoms with E-state index in [1.54, 1.807) is 37.3 Å². The molecule has 0 spiro atoms. The average Bonchev–Trinajstić information content (AvgIpc) is 2.51. The van der Waals surface area contributed by atoms with Crippen molar-refractivity contribution in [2.24, 2.45) is 5.92 Å². The maximum atomic E-state index is 14.1. The average molecular weight is 334 g/mol. The molecule has 4 heteroatoms. The van der Waals surface area contributed by atoms with E-state index in [1.807, 2.05) is 12.2 Å². The Morgan fingerprint density at radius 1 is 0.913 bits per heavy atom. The molecule has 1 aliphatic rings. The molecule has 1 aliphatic carbocycles. The maximum absolute atomic E-state index is 14.1. The van der Waals surface area contributed by atoms with Crippen molar-refractivity contribution in [1.29, 1.82) is 0 Å². The first kappa shape index (κ1) is 15.9. The molecule has 0 fully saturated rings. The first-order chi connectivity index (χ1) is 11.0. The van der Waals surface area contributed by atoms with Gasteiger partial charge in [0.2, 0.25) is 0 Å². The SMILES string of the molecule is CC1C=CC([SH](c2cccc(F)c2)c2cccc(F)c2)=CC1F. The summed E-state index contributed by atoms with van der Waals surface area (Å²) in [5.74, 6) is -0.885. The summed E-state index contributed by atoms with van der Waals surface area (Å²) in [5.41, 5.74) is 0. The van der Waals surface area contributed by atoms with Crippen LogP contribution in [-0.2, 0) is 0 Å². The molecular formula is C19H17F3S. The van der Waals surface area contributed by atoms with Crippen molar-refractivity contribution in [2.45, 2.75) is 22.9 Å². The van der Waals surface area contributed by atoms with E-state index in [0.29, 0.717) is 0 Å². The van der Waals surface area contributed by atoms with Gasteiger partial charge in [-0.3, -0.25) is 0 Å². The smallest absolute Gasteiger partial charge is 0.126 e. The topological polar surface area (TPSA) is 0 Å². The fourth-order valence-corrected chi connectivity index (χ4v) is 4.95. The number of rotatable bonds is 3. The molecule has 0 heterocycles. The van der Waals surface area contributed by atoms with Crippen molar-refractivity contribution in [2.75, 3.05) is 0 Å². The summed E-state index contributed by atoms with van der Waals surface area (Å²) >= 11 is 0. The highest BCUT2D eigenvalue weighted by Gasteiger charge is 2.21. The van der Waals surface area contributed by atoms with Gasteiger partial charge in [0, 0.05) is 5.92 Å². The highest BCUT2D eigenvalue weighted by Crippen LogP contribution is 2.52. The predicted molar refractivity (Wildman–Crippen MR) is 89.6 cm³/mol. The van der Waals surface area contributed by atoms with E-state index < -0.39 is 17.1 Å². The Morgan fingerprint density at radius 2 is 1.48 bits per heavy atom. The molecule has 0 saturated carbocycles. The highest BCUT2D eigenvalue weighted by atomic mass is 32.2. The second kappa shape index (κ2) is 6.67. The Balaban J connectivity index is 2.11. The van der Waals surface area contributed by atoms with Crippen molar-refractivity contribution >= 4 is 10.9 Å². The number of allylic oxidation sites excluding steroid dienone is 3. The molecule has 0 aliphatic heterocycles. The van der Waals surface area contributed by atoms with E-state index in [0.717, 1.165) is 14.7 Å². The van der Waals surface area contributed by atoms with Crippen LogP contribution in [0, 0.1) is 17.6 Å². The summed E-state index contributed by atoms with van der Waals surface area (Å²) in [4.78, 5) is 2.26. The van der Waals surface area contributed by atoms with Crippen molar-refractivity contribution in [1.82, 2.24) is 0 Å². The summed E-state index contributed by atoms with van der Waals surface area (Å²) in [6.45, 7) is 1.81. The second-order valence-corrected chi connectivity index (χ2v) is 7.77. The van der Waals surface area contributed by atoms with Crippen LogP contribution in [-0.4, -0.2) is 6.17 Å². The van der Waals surface area contributed by atoms with Crippen LogP contribution >= 0.6 is 10.9 Å². The van der Waals surface area contributed by atoms with E-state index in [1.165, 1.54) is 24.3 Å². The Bertz CT molecular complexity index is 721. The van der Waals surface area contributed by atoms with Crippen LogP contribution in [0.15, 0.2) is 81.5 Å². The third-order valence-corrected chi connectivity index (χ3v) is 6.20. The van der Waals surface area contributed by atoms with Crippen molar-refractivity contribution in [3.8, 4) is 0 Å². The van der Waals surface area contributed by atoms with Crippen LogP contribution in [0.5, 0.6) is 0 Å². The standard InChI is InChI=1S/C19H17F3S/c1-13-8-9-18(12-19(13)22)23(16-6-2-4-14(20)10-16)17-7-3-5-15(21)11-17/h2-13,19,23H,1H3. The van der Waals surface area contributed by atoms with Crippen LogP contribution in [0.25, 0.3) is 0 Å². The zero-order valence-electron chi connectivity index (χ0n) is 12.6. The van der Waals surface area contributed by atoms with Gasteiger partial charge in [-0.05, 0) is 57.2 Å². The molecule has 0 saturated heterocycles. The zero-order chi connectivity index (χ0) is 16.4. The van der Waals surface area contributed by atoms with Crippen LogP contribution in [0.4, 0.5) is 13.2 Å². The molecule has 3 rings (SSSR count). The molecule has 2 atom stereocenters. The van der Waals surface area contributed by atoms with Gasteiger partial charge in [0.05, 0.1) is 0 Å². The number of hydrogen-bond donors (Lipinski definition) is 1. The van der Waals surface area contributed by atoms with Gasteiger partial charge in [-0.1, -0.05) is 31.2 Å². The molecule has 2 aromatic carbocycles. The third kappa shape index (κ3) is 3.53. The Labute approximate surface area is 136 Å². The van der Waals surface area contributed by atoms with Gasteiger partial charge in [-0.25, -0.2) is 13.2 Å². The number of alkyl halides is 1. The zero-order valence-corrected chi connectivity index (χ0v) is 13.5. The Hall–Kier alpha value is -1.94. The second-order valence-electron chi connectivity index (χ2n) is 5.55. The molecule has 120 valence electrons. The minimum absolute atomic E-state index is 0.185. The lowest BCUT2D eigenvalue weighted by Gasteiger charge is -2.27. The van der Waals surface area contributed by atoms with Crippen LogP contribution in [0.2, 0.25) is 0 Å². The molecule has 0 radical (unpaired) electrons. The predicted octanol–water partition coefficient (Wildman–Crippen LogP) is 5.81. The van der Waals surface area contributed by atoms with E-state index in [-0.39, 0.29) is 17.6 Å². The molecule has 0 amide bonds. The molecule has 0 aromatic heterocycles. The van der Waals surface area contributed by atoms with Crippen molar-refractivity contribution < 1.29 is 13.2 Å². The highest BCUT2D eigenvalue weighted by molar-refractivity contribution is 8.20.